The first-order valence-corrected chi connectivity index (χ1v) is 7.30. The van der Waals surface area contributed by atoms with E-state index in [-0.39, 0.29) is 0 Å². The van der Waals surface area contributed by atoms with E-state index < -0.39 is 0 Å². The highest BCUT2D eigenvalue weighted by atomic mass is 32.1. The van der Waals surface area contributed by atoms with Gasteiger partial charge in [0.1, 0.15) is 0 Å². The Morgan fingerprint density at radius 1 is 0.944 bits per heavy atom. The summed E-state index contributed by atoms with van der Waals surface area (Å²) in [6.07, 6.45) is 14.5. The molecule has 1 aliphatic carbocycles. The number of thiophene rings is 1. The van der Waals surface area contributed by atoms with Crippen molar-refractivity contribution in [1.29, 1.82) is 0 Å². The Hall–Kier alpha value is -1.60. The summed E-state index contributed by atoms with van der Waals surface area (Å²) < 4.78 is 1.38. The van der Waals surface area contributed by atoms with Crippen LogP contribution in [0.2, 0.25) is 0 Å². The third-order valence-electron chi connectivity index (χ3n) is 3.27. The maximum atomic E-state index is 2.40. The van der Waals surface area contributed by atoms with Crippen LogP contribution in [0.1, 0.15) is 24.8 Å². The van der Waals surface area contributed by atoms with E-state index in [0.717, 1.165) is 19.3 Å². The lowest BCUT2D eigenvalue weighted by Crippen LogP contribution is -1.81. The van der Waals surface area contributed by atoms with Crippen molar-refractivity contribution in [2.45, 2.75) is 19.3 Å². The fourth-order valence-corrected chi connectivity index (χ4v) is 3.32. The highest BCUT2D eigenvalue weighted by Gasteiger charge is 2.07. The van der Waals surface area contributed by atoms with Crippen molar-refractivity contribution >= 4 is 27.0 Å². The molecule has 1 aromatic heterocycles. The predicted molar refractivity (Wildman–Crippen MR) is 81.9 cm³/mol. The molecule has 0 spiro atoms. The number of hydrogen-bond donors (Lipinski definition) is 0. The molecular formula is C17H16S. The highest BCUT2D eigenvalue weighted by Crippen LogP contribution is 2.33. The molecule has 0 atom stereocenters. The number of rotatable bonds is 1. The molecule has 0 saturated heterocycles. The number of benzene rings is 1. The molecule has 0 unspecified atom stereocenters. The lowest BCUT2D eigenvalue weighted by molar-refractivity contribution is 1.05. The van der Waals surface area contributed by atoms with Crippen molar-refractivity contribution < 1.29 is 0 Å². The molecule has 0 bridgehead atoms. The molecule has 90 valence electrons. The van der Waals surface area contributed by atoms with E-state index in [1.165, 1.54) is 21.2 Å². The van der Waals surface area contributed by atoms with Gasteiger partial charge in [-0.25, -0.2) is 0 Å². The smallest absolute Gasteiger partial charge is 0.0349 e. The summed E-state index contributed by atoms with van der Waals surface area (Å²) >= 11 is 1.84. The van der Waals surface area contributed by atoms with E-state index in [2.05, 4.69) is 60.0 Å². The van der Waals surface area contributed by atoms with Crippen LogP contribution in [-0.2, 0) is 0 Å². The summed E-state index contributed by atoms with van der Waals surface area (Å²) in [5, 5.41) is 3.70. The quantitative estimate of drug-likeness (QED) is 0.621. The van der Waals surface area contributed by atoms with Gasteiger partial charge in [0.25, 0.3) is 0 Å². The van der Waals surface area contributed by atoms with Crippen LogP contribution in [0.25, 0.3) is 15.7 Å². The largest absolute Gasteiger partial charge is 0.143 e. The van der Waals surface area contributed by atoms with Crippen LogP contribution < -0.4 is 0 Å². The molecule has 0 saturated carbocycles. The topological polar surface area (TPSA) is 0 Å². The standard InChI is InChI=1S/C17H16S/c1-2-4-6-10-14(9-5-3-1)16-13-18-17-12-8-7-11-15(16)17/h1-3,5,7-8,10-13H,4,6,9H2/b2-1-,5-3-,14-10+. The van der Waals surface area contributed by atoms with E-state index in [0.29, 0.717) is 0 Å². The molecule has 18 heavy (non-hydrogen) atoms. The Bertz CT molecular complexity index is 626. The summed E-state index contributed by atoms with van der Waals surface area (Å²) in [5.74, 6) is 0. The summed E-state index contributed by atoms with van der Waals surface area (Å²) in [4.78, 5) is 0. The van der Waals surface area contributed by atoms with Gasteiger partial charge < -0.3 is 0 Å². The van der Waals surface area contributed by atoms with Crippen LogP contribution in [-0.4, -0.2) is 0 Å². The second kappa shape index (κ2) is 5.36. The minimum absolute atomic E-state index is 1.03. The fraction of sp³-hybridized carbons (Fsp3) is 0.176. The summed E-state index contributed by atoms with van der Waals surface area (Å²) in [6, 6.07) is 8.68. The van der Waals surface area contributed by atoms with Crippen LogP contribution in [0.15, 0.2) is 60.0 Å². The van der Waals surface area contributed by atoms with E-state index in [1.54, 1.807) is 0 Å². The van der Waals surface area contributed by atoms with Crippen molar-refractivity contribution in [3.8, 4) is 0 Å². The van der Waals surface area contributed by atoms with Crippen LogP contribution in [0.5, 0.6) is 0 Å². The van der Waals surface area contributed by atoms with Gasteiger partial charge in [0.05, 0.1) is 0 Å². The monoisotopic (exact) mass is 252 g/mol. The fourth-order valence-electron chi connectivity index (χ4n) is 2.33. The van der Waals surface area contributed by atoms with Crippen LogP contribution >= 0.6 is 11.3 Å². The van der Waals surface area contributed by atoms with Gasteiger partial charge in [0.15, 0.2) is 0 Å². The first-order chi connectivity index (χ1) is 8.95. The Kier molecular flexibility index (Phi) is 3.42. The lowest BCUT2D eigenvalue weighted by atomic mass is 10.0. The molecule has 1 heteroatoms. The molecule has 3 rings (SSSR count). The van der Waals surface area contributed by atoms with Crippen molar-refractivity contribution in [3.05, 3.63) is 65.6 Å². The van der Waals surface area contributed by atoms with Gasteiger partial charge in [0, 0.05) is 4.70 Å². The zero-order valence-electron chi connectivity index (χ0n) is 10.3. The van der Waals surface area contributed by atoms with Gasteiger partial charge in [-0.2, -0.15) is 0 Å². The van der Waals surface area contributed by atoms with Gasteiger partial charge >= 0.3 is 0 Å². The van der Waals surface area contributed by atoms with Gasteiger partial charge in [-0.1, -0.05) is 48.6 Å². The summed E-state index contributed by atoms with van der Waals surface area (Å²) in [6.45, 7) is 0. The number of allylic oxidation sites excluding steroid dienone is 6. The van der Waals surface area contributed by atoms with Gasteiger partial charge in [-0.05, 0) is 47.2 Å². The predicted octanol–water partition coefficient (Wildman–Crippen LogP) is 5.58. The number of hydrogen-bond acceptors (Lipinski definition) is 1. The molecule has 0 N–H and O–H groups in total. The second-order valence-corrected chi connectivity index (χ2v) is 5.42. The molecule has 0 fully saturated rings. The van der Waals surface area contributed by atoms with Crippen LogP contribution in [0.3, 0.4) is 0 Å². The molecule has 0 amide bonds. The van der Waals surface area contributed by atoms with Gasteiger partial charge in [0.2, 0.25) is 0 Å². The minimum atomic E-state index is 1.03. The van der Waals surface area contributed by atoms with E-state index >= 15 is 0 Å². The molecule has 1 heterocycles. The first kappa shape index (κ1) is 11.5. The molecule has 2 aromatic rings. The second-order valence-electron chi connectivity index (χ2n) is 4.51. The molecule has 0 radical (unpaired) electrons. The first-order valence-electron chi connectivity index (χ1n) is 6.42. The van der Waals surface area contributed by atoms with Crippen molar-refractivity contribution in [1.82, 2.24) is 0 Å². The molecular weight excluding hydrogens is 236 g/mol. The highest BCUT2D eigenvalue weighted by molar-refractivity contribution is 7.17. The molecule has 1 aliphatic rings. The molecule has 1 aromatic carbocycles. The third kappa shape index (κ3) is 2.32. The van der Waals surface area contributed by atoms with Crippen molar-refractivity contribution in [2.75, 3.05) is 0 Å². The summed E-state index contributed by atoms with van der Waals surface area (Å²) in [5.41, 5.74) is 2.88. The Morgan fingerprint density at radius 3 is 2.83 bits per heavy atom. The Labute approximate surface area is 112 Å². The molecule has 0 aliphatic heterocycles. The van der Waals surface area contributed by atoms with E-state index in [1.807, 2.05) is 11.3 Å². The van der Waals surface area contributed by atoms with E-state index in [4.69, 9.17) is 0 Å². The average molecular weight is 252 g/mol. The lowest BCUT2D eigenvalue weighted by Gasteiger charge is -2.04. The SMILES string of the molecule is C1=C\CC/C=C(/c2csc3ccccc23)C\C=C/1. The summed E-state index contributed by atoms with van der Waals surface area (Å²) in [7, 11) is 0. The van der Waals surface area contributed by atoms with Crippen molar-refractivity contribution in [2.24, 2.45) is 0 Å². The third-order valence-corrected chi connectivity index (χ3v) is 4.24. The van der Waals surface area contributed by atoms with Crippen LogP contribution in [0.4, 0.5) is 0 Å². The number of fused-ring (bicyclic) bond motifs is 1. The van der Waals surface area contributed by atoms with Crippen LogP contribution in [0, 0.1) is 0 Å². The maximum absolute atomic E-state index is 2.40. The Balaban J connectivity index is 2.02. The van der Waals surface area contributed by atoms with Gasteiger partial charge in [-0.3, -0.25) is 0 Å². The zero-order valence-corrected chi connectivity index (χ0v) is 11.1. The molecule has 0 nitrogen and oxygen atoms in total. The average Bonchev–Trinajstić information content (AvgIpc) is 2.87. The van der Waals surface area contributed by atoms with Gasteiger partial charge in [-0.15, -0.1) is 11.3 Å². The van der Waals surface area contributed by atoms with E-state index in [9.17, 15) is 0 Å². The normalized spacial score (nSPS) is 22.6. The van der Waals surface area contributed by atoms with Crippen molar-refractivity contribution in [3.63, 3.8) is 0 Å². The Morgan fingerprint density at radius 2 is 1.83 bits per heavy atom. The maximum Gasteiger partial charge on any atom is 0.0349 e. The zero-order chi connectivity index (χ0) is 12.2. The minimum Gasteiger partial charge on any atom is -0.143 e.